The summed E-state index contributed by atoms with van der Waals surface area (Å²) in [5.74, 6) is 2.68. The molecule has 1 aliphatic heterocycles. The quantitative estimate of drug-likeness (QED) is 0.530. The summed E-state index contributed by atoms with van der Waals surface area (Å²) < 4.78 is 33.1. The maximum absolute atomic E-state index is 12.0. The molecule has 0 amide bonds. The molecule has 3 atom stereocenters. The second-order valence-electron chi connectivity index (χ2n) is 7.65. The van der Waals surface area contributed by atoms with Gasteiger partial charge in [0.05, 0.1) is 19.7 Å². The van der Waals surface area contributed by atoms with Crippen molar-refractivity contribution in [1.29, 1.82) is 0 Å². The minimum Gasteiger partial charge on any atom is -0.591 e. The van der Waals surface area contributed by atoms with Crippen LogP contribution < -0.4 is 14.2 Å². The van der Waals surface area contributed by atoms with Crippen LogP contribution in [0.3, 0.4) is 0 Å². The van der Waals surface area contributed by atoms with E-state index < -0.39 is 11.4 Å². The number of aromatic nitrogens is 1. The summed E-state index contributed by atoms with van der Waals surface area (Å²) >= 11 is -1.43. The number of methoxy groups -OCH3 is 1. The first kappa shape index (κ1) is 20.7. The zero-order chi connectivity index (χ0) is 22.1. The lowest BCUT2D eigenvalue weighted by Gasteiger charge is -2.17. The van der Waals surface area contributed by atoms with Crippen molar-refractivity contribution in [2.24, 2.45) is 4.40 Å². The number of aliphatic hydroxyl groups is 1. The number of benzene rings is 2. The standard InChI is InChI=1S/C24H22N2O5S/c1-29-24-12-9-17(14-25-24)31-20-4-2-3-18-19(20)10-11-21(18)30-16-7-5-15(6-8-16)22-13-23(27)26-32(22)28/h2-9,12,14,21-22H,10-11,13H2,1H3,(H,26,27)/t21-,22?,32?/m1/s1. The number of nitrogens with zero attached hydrogens (tertiary/aromatic N) is 2. The predicted molar refractivity (Wildman–Crippen MR) is 121 cm³/mol. The molecule has 7 nitrogen and oxygen atoms in total. The summed E-state index contributed by atoms with van der Waals surface area (Å²) in [5.41, 5.74) is 3.13. The molecule has 0 radical (unpaired) electrons. The summed E-state index contributed by atoms with van der Waals surface area (Å²) in [6.07, 6.45) is 3.59. The summed E-state index contributed by atoms with van der Waals surface area (Å²) in [7, 11) is 1.58. The van der Waals surface area contributed by atoms with E-state index >= 15 is 0 Å². The average Bonchev–Trinajstić information content (AvgIpc) is 3.38. The van der Waals surface area contributed by atoms with Gasteiger partial charge in [-0.15, -0.1) is 0 Å². The van der Waals surface area contributed by atoms with Crippen LogP contribution in [-0.4, -0.2) is 27.7 Å². The Hall–Kier alpha value is -3.23. The van der Waals surface area contributed by atoms with E-state index in [1.807, 2.05) is 42.5 Å². The van der Waals surface area contributed by atoms with Gasteiger partial charge >= 0.3 is 0 Å². The first-order chi connectivity index (χ1) is 15.6. The Morgan fingerprint density at radius 2 is 1.88 bits per heavy atom. The van der Waals surface area contributed by atoms with E-state index in [0.717, 1.165) is 41.0 Å². The molecule has 0 saturated carbocycles. The highest BCUT2D eigenvalue weighted by atomic mass is 32.2. The molecule has 164 valence electrons. The molecule has 1 N–H and O–H groups in total. The smallest absolute Gasteiger partial charge is 0.240 e. The predicted octanol–water partition coefficient (Wildman–Crippen LogP) is 5.01. The van der Waals surface area contributed by atoms with Crippen molar-refractivity contribution in [1.82, 2.24) is 4.98 Å². The van der Waals surface area contributed by atoms with Gasteiger partial charge in [0.25, 0.3) is 0 Å². The van der Waals surface area contributed by atoms with Crippen LogP contribution in [-0.2, 0) is 17.8 Å². The third-order valence-electron chi connectivity index (χ3n) is 5.66. The van der Waals surface area contributed by atoms with Crippen molar-refractivity contribution in [2.75, 3.05) is 7.11 Å². The van der Waals surface area contributed by atoms with Crippen molar-refractivity contribution in [3.05, 3.63) is 77.5 Å². The van der Waals surface area contributed by atoms with Crippen LogP contribution in [0.5, 0.6) is 23.1 Å². The fourth-order valence-corrected chi connectivity index (χ4v) is 5.17. The lowest BCUT2D eigenvalue weighted by molar-refractivity contribution is 0.207. The molecule has 8 heteroatoms. The normalized spacial score (nSPS) is 21.7. The van der Waals surface area contributed by atoms with Crippen molar-refractivity contribution < 1.29 is 23.9 Å². The number of aliphatic hydroxyl groups excluding tert-OH is 1. The molecule has 2 unspecified atom stereocenters. The lowest BCUT2D eigenvalue weighted by atomic mass is 10.1. The third-order valence-corrected chi connectivity index (χ3v) is 6.97. The monoisotopic (exact) mass is 450 g/mol. The van der Waals surface area contributed by atoms with Crippen LogP contribution >= 0.6 is 0 Å². The minimum absolute atomic E-state index is 0.0559. The van der Waals surface area contributed by atoms with Gasteiger partial charge in [-0.25, -0.2) is 4.98 Å². The van der Waals surface area contributed by atoms with E-state index in [0.29, 0.717) is 18.1 Å². The number of rotatable bonds is 6. The summed E-state index contributed by atoms with van der Waals surface area (Å²) in [6.45, 7) is 0. The van der Waals surface area contributed by atoms with Crippen molar-refractivity contribution in [3.8, 4) is 23.1 Å². The number of pyridine rings is 1. The van der Waals surface area contributed by atoms with E-state index in [1.54, 1.807) is 19.4 Å². The topological polar surface area (TPSA) is 96.2 Å². The van der Waals surface area contributed by atoms with Crippen molar-refractivity contribution >= 4 is 17.3 Å². The minimum atomic E-state index is -1.43. The highest BCUT2D eigenvalue weighted by Crippen LogP contribution is 2.41. The fraction of sp³-hybridized carbons (Fsp3) is 0.250. The molecule has 0 fully saturated rings. The van der Waals surface area contributed by atoms with E-state index in [9.17, 15) is 9.66 Å². The molecule has 2 aliphatic rings. The zero-order valence-electron chi connectivity index (χ0n) is 17.4. The summed E-state index contributed by atoms with van der Waals surface area (Å²) in [6, 6.07) is 17.1. The van der Waals surface area contributed by atoms with E-state index in [4.69, 9.17) is 14.2 Å². The Bertz CT molecular complexity index is 1130. The Kier molecular flexibility index (Phi) is 5.63. The first-order valence-corrected chi connectivity index (χ1v) is 11.5. The van der Waals surface area contributed by atoms with Gasteiger partial charge in [0.2, 0.25) is 11.8 Å². The zero-order valence-corrected chi connectivity index (χ0v) is 18.2. The molecule has 5 rings (SSSR count). The molecule has 32 heavy (non-hydrogen) atoms. The van der Waals surface area contributed by atoms with Gasteiger partial charge in [0.1, 0.15) is 34.7 Å². The van der Waals surface area contributed by atoms with E-state index in [2.05, 4.69) is 15.4 Å². The highest BCUT2D eigenvalue weighted by Gasteiger charge is 2.34. The van der Waals surface area contributed by atoms with Gasteiger partial charge < -0.3 is 23.9 Å². The third kappa shape index (κ3) is 4.11. The second kappa shape index (κ2) is 8.72. The maximum atomic E-state index is 12.0. The largest absolute Gasteiger partial charge is 0.591 e. The molecule has 2 heterocycles. The maximum Gasteiger partial charge on any atom is 0.240 e. The van der Waals surface area contributed by atoms with Crippen LogP contribution in [0.25, 0.3) is 0 Å². The van der Waals surface area contributed by atoms with Crippen LogP contribution in [0.2, 0.25) is 0 Å². The average molecular weight is 451 g/mol. The molecular weight excluding hydrogens is 428 g/mol. The van der Waals surface area contributed by atoms with Crippen LogP contribution in [0, 0.1) is 0 Å². The number of hydrogen-bond donors (Lipinski definition) is 1. The van der Waals surface area contributed by atoms with Gasteiger partial charge in [0, 0.05) is 17.2 Å². The summed E-state index contributed by atoms with van der Waals surface area (Å²) in [4.78, 5) is 4.19. The molecule has 1 aliphatic carbocycles. The molecule has 2 aromatic carbocycles. The molecule has 0 spiro atoms. The van der Waals surface area contributed by atoms with Crippen LogP contribution in [0.15, 0.2) is 65.2 Å². The first-order valence-electron chi connectivity index (χ1n) is 10.3. The second-order valence-corrected chi connectivity index (χ2v) is 8.96. The lowest BCUT2D eigenvalue weighted by Crippen LogP contribution is -2.07. The summed E-state index contributed by atoms with van der Waals surface area (Å²) in [5, 5.41) is 9.22. The Labute approximate surface area is 189 Å². The molecule has 0 bridgehead atoms. The Balaban J connectivity index is 1.29. The van der Waals surface area contributed by atoms with Gasteiger partial charge in [0.15, 0.2) is 5.25 Å². The van der Waals surface area contributed by atoms with E-state index in [-0.39, 0.29) is 17.3 Å². The molecular formula is C24H22N2O5S. The molecule has 3 aromatic rings. The van der Waals surface area contributed by atoms with Gasteiger partial charge in [-0.05, 0) is 47.1 Å². The molecule has 1 aromatic heterocycles. The molecule has 0 saturated heterocycles. The SMILES string of the molecule is COc1ccc(Oc2cccc3c2CC[C@H]3Oc2ccc(C3CC(O)=N[S+]3[O-])cc2)cn1. The van der Waals surface area contributed by atoms with Gasteiger partial charge in [-0.3, -0.25) is 0 Å². The Morgan fingerprint density at radius 3 is 2.56 bits per heavy atom. The van der Waals surface area contributed by atoms with Crippen LogP contribution in [0.1, 0.15) is 40.9 Å². The number of hydrogen-bond acceptors (Lipinski definition) is 6. The van der Waals surface area contributed by atoms with E-state index in [1.165, 1.54) is 0 Å². The van der Waals surface area contributed by atoms with Gasteiger partial charge in [-0.1, -0.05) is 24.3 Å². The van der Waals surface area contributed by atoms with Crippen molar-refractivity contribution in [2.45, 2.75) is 30.6 Å². The Morgan fingerprint density at radius 1 is 1.06 bits per heavy atom. The highest BCUT2D eigenvalue weighted by molar-refractivity contribution is 7.90. The van der Waals surface area contributed by atoms with Crippen LogP contribution in [0.4, 0.5) is 0 Å². The van der Waals surface area contributed by atoms with Gasteiger partial charge in [-0.2, -0.15) is 0 Å². The number of ether oxygens (including phenoxy) is 3. The number of fused-ring (bicyclic) bond motifs is 1. The van der Waals surface area contributed by atoms with Crippen molar-refractivity contribution in [3.63, 3.8) is 0 Å². The fourth-order valence-electron chi connectivity index (χ4n) is 4.08.